The van der Waals surface area contributed by atoms with E-state index in [9.17, 15) is 9.59 Å². The number of aryl methyl sites for hydroxylation is 1. The van der Waals surface area contributed by atoms with E-state index in [2.05, 4.69) is 48.6 Å². The van der Waals surface area contributed by atoms with Gasteiger partial charge in [0.05, 0.1) is 12.5 Å². The van der Waals surface area contributed by atoms with Crippen molar-refractivity contribution in [2.75, 3.05) is 27.2 Å². The summed E-state index contributed by atoms with van der Waals surface area (Å²) in [7, 11) is 3.25. The maximum absolute atomic E-state index is 13.2. The largest absolute Gasteiger partial charge is 0.497 e. The van der Waals surface area contributed by atoms with E-state index in [-0.39, 0.29) is 11.8 Å². The molecule has 3 aromatic rings. The average Bonchev–Trinajstić information content (AvgIpc) is 3.28. The standard InChI is InChI=1S/C28H30N2O3/c1-20-8-6-10-21(16-20)25-13-5-4-9-23(25)18-28(27(32)29-2)14-15-30(19-28)26(31)22-11-7-12-24(17-22)33-3/h4-13,16-17H,14-15,18-19H2,1-3H3,(H,29,32)/t28-/m0/s1. The molecule has 0 radical (unpaired) electrons. The monoisotopic (exact) mass is 442 g/mol. The van der Waals surface area contributed by atoms with Gasteiger partial charge in [0, 0.05) is 25.7 Å². The van der Waals surface area contributed by atoms with Crippen molar-refractivity contribution >= 4 is 11.8 Å². The summed E-state index contributed by atoms with van der Waals surface area (Å²) in [5, 5.41) is 2.86. The third-order valence-electron chi connectivity index (χ3n) is 6.54. The van der Waals surface area contributed by atoms with E-state index in [0.717, 1.165) is 16.7 Å². The van der Waals surface area contributed by atoms with Crippen LogP contribution in [0.5, 0.6) is 5.75 Å². The van der Waals surface area contributed by atoms with Crippen LogP contribution >= 0.6 is 0 Å². The van der Waals surface area contributed by atoms with Gasteiger partial charge in [-0.05, 0) is 54.7 Å². The number of amides is 2. The molecule has 0 aliphatic carbocycles. The molecule has 1 N–H and O–H groups in total. The molecular weight excluding hydrogens is 412 g/mol. The number of nitrogens with one attached hydrogen (secondary N) is 1. The molecule has 4 rings (SSSR count). The number of ether oxygens (including phenoxy) is 1. The van der Waals surface area contributed by atoms with Crippen molar-refractivity contribution < 1.29 is 14.3 Å². The maximum atomic E-state index is 13.2. The SMILES string of the molecule is CNC(=O)[C@]1(Cc2ccccc2-c2cccc(C)c2)CCN(C(=O)c2cccc(OC)c2)C1. The molecule has 5 nitrogen and oxygen atoms in total. The van der Waals surface area contributed by atoms with Crippen molar-refractivity contribution in [2.24, 2.45) is 5.41 Å². The predicted molar refractivity (Wildman–Crippen MR) is 130 cm³/mol. The number of carbonyl (C=O) groups excluding carboxylic acids is 2. The van der Waals surface area contributed by atoms with Crippen LogP contribution in [0, 0.1) is 12.3 Å². The average molecular weight is 443 g/mol. The third-order valence-corrected chi connectivity index (χ3v) is 6.54. The molecule has 0 bridgehead atoms. The van der Waals surface area contributed by atoms with Crippen molar-refractivity contribution in [3.05, 3.63) is 89.5 Å². The Morgan fingerprint density at radius 1 is 1.03 bits per heavy atom. The smallest absolute Gasteiger partial charge is 0.254 e. The fourth-order valence-electron chi connectivity index (χ4n) is 4.79. The van der Waals surface area contributed by atoms with Gasteiger partial charge in [-0.1, -0.05) is 60.2 Å². The van der Waals surface area contributed by atoms with Gasteiger partial charge in [0.25, 0.3) is 5.91 Å². The van der Waals surface area contributed by atoms with Gasteiger partial charge >= 0.3 is 0 Å². The minimum absolute atomic E-state index is 0.0255. The lowest BCUT2D eigenvalue weighted by atomic mass is 9.78. The molecule has 2 amide bonds. The molecule has 3 aromatic carbocycles. The zero-order chi connectivity index (χ0) is 23.4. The van der Waals surface area contributed by atoms with Crippen molar-refractivity contribution in [1.29, 1.82) is 0 Å². The number of carbonyl (C=O) groups is 2. The number of methoxy groups -OCH3 is 1. The molecule has 1 saturated heterocycles. The molecule has 0 saturated carbocycles. The highest BCUT2D eigenvalue weighted by Crippen LogP contribution is 2.38. The summed E-state index contributed by atoms with van der Waals surface area (Å²) in [4.78, 5) is 28.2. The maximum Gasteiger partial charge on any atom is 0.254 e. The highest BCUT2D eigenvalue weighted by Gasteiger charge is 2.46. The Morgan fingerprint density at radius 2 is 1.82 bits per heavy atom. The molecule has 1 aliphatic rings. The van der Waals surface area contributed by atoms with Gasteiger partial charge in [-0.25, -0.2) is 0 Å². The lowest BCUT2D eigenvalue weighted by molar-refractivity contribution is -0.129. The topological polar surface area (TPSA) is 58.6 Å². The number of rotatable bonds is 6. The summed E-state index contributed by atoms with van der Waals surface area (Å²) >= 11 is 0. The van der Waals surface area contributed by atoms with Gasteiger partial charge in [0.15, 0.2) is 0 Å². The summed E-state index contributed by atoms with van der Waals surface area (Å²) in [5.41, 5.74) is 4.47. The van der Waals surface area contributed by atoms with E-state index in [1.54, 1.807) is 31.2 Å². The quantitative estimate of drug-likeness (QED) is 0.612. The first-order valence-corrected chi connectivity index (χ1v) is 11.3. The second-order valence-corrected chi connectivity index (χ2v) is 8.77. The Hall–Kier alpha value is -3.60. The molecular formula is C28H30N2O3. The third kappa shape index (κ3) is 4.63. The first kappa shape index (κ1) is 22.6. The first-order chi connectivity index (χ1) is 16.0. The minimum Gasteiger partial charge on any atom is -0.497 e. The van der Waals surface area contributed by atoms with E-state index >= 15 is 0 Å². The lowest BCUT2D eigenvalue weighted by Crippen LogP contribution is -2.44. The van der Waals surface area contributed by atoms with Crippen molar-refractivity contribution in [2.45, 2.75) is 19.8 Å². The van der Waals surface area contributed by atoms with Crippen LogP contribution in [0.15, 0.2) is 72.8 Å². The van der Waals surface area contributed by atoms with Crippen LogP contribution in [-0.2, 0) is 11.2 Å². The number of benzene rings is 3. The molecule has 5 heteroatoms. The van der Waals surface area contributed by atoms with Crippen molar-refractivity contribution in [1.82, 2.24) is 10.2 Å². The van der Waals surface area contributed by atoms with Gasteiger partial charge in [-0.15, -0.1) is 0 Å². The summed E-state index contributed by atoms with van der Waals surface area (Å²) in [6.07, 6.45) is 1.18. The Kier molecular flexibility index (Phi) is 6.50. The number of hydrogen-bond donors (Lipinski definition) is 1. The molecule has 0 spiro atoms. The van der Waals surface area contributed by atoms with Crippen LogP contribution in [0.2, 0.25) is 0 Å². The molecule has 0 aromatic heterocycles. The number of nitrogens with zero attached hydrogens (tertiary/aromatic N) is 1. The second kappa shape index (κ2) is 9.49. The molecule has 1 heterocycles. The van der Waals surface area contributed by atoms with Gasteiger partial charge in [-0.2, -0.15) is 0 Å². The van der Waals surface area contributed by atoms with Crippen LogP contribution < -0.4 is 10.1 Å². The predicted octanol–water partition coefficient (Wildman–Crippen LogP) is 4.49. The fraction of sp³-hybridized carbons (Fsp3) is 0.286. The van der Waals surface area contributed by atoms with E-state index in [0.29, 0.717) is 37.2 Å². The van der Waals surface area contributed by atoms with Gasteiger partial charge in [0.2, 0.25) is 5.91 Å². The Morgan fingerprint density at radius 3 is 2.58 bits per heavy atom. The van der Waals surface area contributed by atoms with Crippen LogP contribution in [0.25, 0.3) is 11.1 Å². The molecule has 1 atom stereocenters. The van der Waals surface area contributed by atoms with Crippen molar-refractivity contribution in [3.63, 3.8) is 0 Å². The van der Waals surface area contributed by atoms with Gasteiger partial charge < -0.3 is 15.0 Å². The zero-order valence-electron chi connectivity index (χ0n) is 19.4. The lowest BCUT2D eigenvalue weighted by Gasteiger charge is -2.29. The van der Waals surface area contributed by atoms with E-state index < -0.39 is 5.41 Å². The molecule has 0 unspecified atom stereocenters. The second-order valence-electron chi connectivity index (χ2n) is 8.77. The Balaban J connectivity index is 1.64. The van der Waals surface area contributed by atoms with Gasteiger partial charge in [-0.3, -0.25) is 9.59 Å². The van der Waals surface area contributed by atoms with Crippen LogP contribution in [0.4, 0.5) is 0 Å². The number of hydrogen-bond acceptors (Lipinski definition) is 3. The minimum atomic E-state index is -0.677. The summed E-state index contributed by atoms with van der Waals surface area (Å²) in [6.45, 7) is 3.00. The van der Waals surface area contributed by atoms with Gasteiger partial charge in [0.1, 0.15) is 5.75 Å². The van der Waals surface area contributed by atoms with E-state index in [4.69, 9.17) is 4.74 Å². The van der Waals surface area contributed by atoms with E-state index in [1.165, 1.54) is 5.56 Å². The Labute approximate surface area is 195 Å². The summed E-state index contributed by atoms with van der Waals surface area (Å²) < 4.78 is 5.27. The fourth-order valence-corrected chi connectivity index (χ4v) is 4.79. The van der Waals surface area contributed by atoms with E-state index in [1.807, 2.05) is 24.3 Å². The zero-order valence-corrected chi connectivity index (χ0v) is 19.4. The van der Waals surface area contributed by atoms with Crippen molar-refractivity contribution in [3.8, 4) is 16.9 Å². The normalized spacial score (nSPS) is 17.6. The van der Waals surface area contributed by atoms with Crippen LogP contribution in [0.1, 0.15) is 27.9 Å². The Bertz CT molecular complexity index is 1170. The molecule has 170 valence electrons. The first-order valence-electron chi connectivity index (χ1n) is 11.3. The highest BCUT2D eigenvalue weighted by atomic mass is 16.5. The molecule has 33 heavy (non-hydrogen) atoms. The molecule has 1 aliphatic heterocycles. The summed E-state index contributed by atoms with van der Waals surface area (Å²) in [6, 6.07) is 23.8. The van der Waals surface area contributed by atoms with Crippen LogP contribution in [-0.4, -0.2) is 44.0 Å². The summed E-state index contributed by atoms with van der Waals surface area (Å²) in [5.74, 6) is 0.541. The van der Waals surface area contributed by atoms with Crippen LogP contribution in [0.3, 0.4) is 0 Å². The number of likely N-dealkylation sites (tertiary alicyclic amines) is 1. The molecule has 1 fully saturated rings. The highest BCUT2D eigenvalue weighted by molar-refractivity contribution is 5.96.